The molecule has 1 heterocycles. The lowest BCUT2D eigenvalue weighted by molar-refractivity contribution is 0.218. The van der Waals surface area contributed by atoms with Crippen molar-refractivity contribution in [2.24, 2.45) is 16.3 Å². The topological polar surface area (TPSA) is 56.4 Å². The molecular weight excluding hydrogens is 387 g/mol. The van der Waals surface area contributed by atoms with E-state index in [1.807, 2.05) is 0 Å². The summed E-state index contributed by atoms with van der Waals surface area (Å²) >= 11 is 13.5. The number of halogens is 2. The lowest BCUT2D eigenvalue weighted by Crippen LogP contribution is -2.26. The van der Waals surface area contributed by atoms with E-state index in [4.69, 9.17) is 23.2 Å². The second-order valence-corrected chi connectivity index (χ2v) is 9.61. The van der Waals surface area contributed by atoms with E-state index in [2.05, 4.69) is 31.8 Å². The van der Waals surface area contributed by atoms with Crippen LogP contribution < -0.4 is 0 Å². The number of phenols is 1. The van der Waals surface area contributed by atoms with Crippen LogP contribution >= 0.6 is 34.5 Å². The second-order valence-electron chi connectivity index (χ2n) is 7.69. The van der Waals surface area contributed by atoms with Gasteiger partial charge in [-0.15, -0.1) is 11.3 Å². The van der Waals surface area contributed by atoms with Gasteiger partial charge in [-0.05, 0) is 48.3 Å². The van der Waals surface area contributed by atoms with Crippen LogP contribution in [0.4, 0.5) is 5.00 Å². The van der Waals surface area contributed by atoms with Gasteiger partial charge in [-0.25, -0.2) is 4.99 Å². The third kappa shape index (κ3) is 3.76. The first-order chi connectivity index (χ1) is 12.2. The van der Waals surface area contributed by atoms with Crippen molar-refractivity contribution in [1.29, 1.82) is 5.26 Å². The van der Waals surface area contributed by atoms with Gasteiger partial charge in [0.15, 0.2) is 0 Å². The average molecular weight is 407 g/mol. The van der Waals surface area contributed by atoms with E-state index in [1.54, 1.807) is 17.4 Å². The normalized spacial score (nSPS) is 17.3. The lowest BCUT2D eigenvalue weighted by Gasteiger charge is -2.33. The van der Waals surface area contributed by atoms with Crippen LogP contribution in [0.1, 0.15) is 48.8 Å². The Balaban J connectivity index is 1.96. The highest BCUT2D eigenvalue weighted by Crippen LogP contribution is 2.45. The smallest absolute Gasteiger partial charge is 0.143 e. The zero-order valence-corrected chi connectivity index (χ0v) is 17.3. The van der Waals surface area contributed by atoms with Gasteiger partial charge in [0.2, 0.25) is 0 Å². The van der Waals surface area contributed by atoms with Crippen molar-refractivity contribution in [3.8, 4) is 11.8 Å². The summed E-state index contributed by atoms with van der Waals surface area (Å²) in [6, 6.07) is 5.39. The summed E-state index contributed by atoms with van der Waals surface area (Å²) in [6.45, 7) is 6.81. The molecule has 1 aliphatic carbocycles. The largest absolute Gasteiger partial charge is 0.506 e. The van der Waals surface area contributed by atoms with Gasteiger partial charge in [-0.1, -0.05) is 44.0 Å². The van der Waals surface area contributed by atoms with Gasteiger partial charge in [-0.3, -0.25) is 0 Å². The molecule has 0 amide bonds. The molecule has 3 rings (SSSR count). The van der Waals surface area contributed by atoms with Gasteiger partial charge in [0, 0.05) is 21.7 Å². The molecule has 0 radical (unpaired) electrons. The molecule has 136 valence electrons. The zero-order valence-electron chi connectivity index (χ0n) is 14.9. The van der Waals surface area contributed by atoms with Crippen LogP contribution in [0.2, 0.25) is 10.0 Å². The Morgan fingerprint density at radius 2 is 2.08 bits per heavy atom. The van der Waals surface area contributed by atoms with Crippen LogP contribution in [0.25, 0.3) is 0 Å². The fourth-order valence-electron chi connectivity index (χ4n) is 3.33. The van der Waals surface area contributed by atoms with Crippen LogP contribution in [0.15, 0.2) is 17.1 Å². The van der Waals surface area contributed by atoms with Gasteiger partial charge in [0.1, 0.15) is 16.8 Å². The molecule has 1 atom stereocenters. The third-order valence-electron chi connectivity index (χ3n) is 4.96. The first-order valence-electron chi connectivity index (χ1n) is 8.47. The zero-order chi connectivity index (χ0) is 19.1. The van der Waals surface area contributed by atoms with Crippen molar-refractivity contribution < 1.29 is 5.11 Å². The molecule has 1 N–H and O–H groups in total. The number of aliphatic imine (C=N–C) groups is 1. The highest BCUT2D eigenvalue weighted by atomic mass is 35.5. The van der Waals surface area contributed by atoms with E-state index in [0.29, 0.717) is 27.1 Å². The van der Waals surface area contributed by atoms with E-state index in [9.17, 15) is 10.4 Å². The third-order valence-corrected chi connectivity index (χ3v) is 6.63. The van der Waals surface area contributed by atoms with Crippen molar-refractivity contribution in [3.63, 3.8) is 0 Å². The lowest BCUT2D eigenvalue weighted by atomic mass is 9.72. The molecule has 0 aliphatic heterocycles. The highest BCUT2D eigenvalue weighted by Gasteiger charge is 2.32. The van der Waals surface area contributed by atoms with E-state index in [-0.39, 0.29) is 16.2 Å². The minimum absolute atomic E-state index is 0.0626. The highest BCUT2D eigenvalue weighted by molar-refractivity contribution is 7.16. The molecule has 1 aromatic heterocycles. The SMILES string of the molecule is CC(C)(C)[C@H]1CCc2c(sc(N=Cc3cc(Cl)cc(Cl)c3O)c2C#N)C1. The van der Waals surface area contributed by atoms with Crippen molar-refractivity contribution in [2.75, 3.05) is 0 Å². The number of hydrogen-bond donors (Lipinski definition) is 1. The number of benzene rings is 1. The predicted molar refractivity (Wildman–Crippen MR) is 109 cm³/mol. The Bertz CT molecular complexity index is 919. The van der Waals surface area contributed by atoms with Gasteiger partial charge < -0.3 is 5.11 Å². The summed E-state index contributed by atoms with van der Waals surface area (Å²) in [5.41, 5.74) is 2.48. The molecule has 0 spiro atoms. The van der Waals surface area contributed by atoms with Crippen LogP contribution in [0, 0.1) is 22.7 Å². The van der Waals surface area contributed by atoms with Crippen LogP contribution in [-0.2, 0) is 12.8 Å². The second kappa shape index (κ2) is 7.23. The minimum atomic E-state index is -0.0626. The van der Waals surface area contributed by atoms with Crippen LogP contribution in [0.3, 0.4) is 0 Å². The minimum Gasteiger partial charge on any atom is -0.506 e. The van der Waals surface area contributed by atoms with E-state index < -0.39 is 0 Å². The Kier molecular flexibility index (Phi) is 5.35. The fourth-order valence-corrected chi connectivity index (χ4v) is 5.06. The first kappa shape index (κ1) is 19.2. The number of nitriles is 1. The van der Waals surface area contributed by atoms with Crippen molar-refractivity contribution in [1.82, 2.24) is 0 Å². The molecule has 1 aromatic carbocycles. The van der Waals surface area contributed by atoms with E-state index in [0.717, 1.165) is 24.8 Å². The molecule has 1 aliphatic rings. The molecule has 0 bridgehead atoms. The Labute approximate surface area is 167 Å². The molecule has 0 fully saturated rings. The van der Waals surface area contributed by atoms with Crippen LogP contribution in [0.5, 0.6) is 5.75 Å². The van der Waals surface area contributed by atoms with Crippen LogP contribution in [-0.4, -0.2) is 11.3 Å². The summed E-state index contributed by atoms with van der Waals surface area (Å²) in [4.78, 5) is 5.73. The maximum absolute atomic E-state index is 10.1. The maximum Gasteiger partial charge on any atom is 0.143 e. The summed E-state index contributed by atoms with van der Waals surface area (Å²) in [5, 5.41) is 21.0. The molecule has 0 saturated carbocycles. The van der Waals surface area contributed by atoms with Crippen molar-refractivity contribution in [2.45, 2.75) is 40.0 Å². The van der Waals surface area contributed by atoms with E-state index >= 15 is 0 Å². The Hall–Kier alpha value is -1.54. The number of fused-ring (bicyclic) bond motifs is 1. The summed E-state index contributed by atoms with van der Waals surface area (Å²) in [6.07, 6.45) is 4.52. The Morgan fingerprint density at radius 3 is 2.73 bits per heavy atom. The van der Waals surface area contributed by atoms with Crippen molar-refractivity contribution in [3.05, 3.63) is 43.7 Å². The molecular formula is C20H20Cl2N2OS. The number of phenolic OH excluding ortho intramolecular Hbond substituents is 1. The summed E-state index contributed by atoms with van der Waals surface area (Å²) < 4.78 is 0. The molecule has 2 aromatic rings. The molecule has 3 nitrogen and oxygen atoms in total. The number of thiophene rings is 1. The maximum atomic E-state index is 10.1. The van der Waals surface area contributed by atoms with Gasteiger partial charge >= 0.3 is 0 Å². The molecule has 6 heteroatoms. The average Bonchev–Trinajstić information content (AvgIpc) is 2.92. The summed E-state index contributed by atoms with van der Waals surface area (Å²) in [5.74, 6) is 0.542. The summed E-state index contributed by atoms with van der Waals surface area (Å²) in [7, 11) is 0. The standard InChI is InChI=1S/C20H20Cl2N2OS/c1-20(2,3)12-4-5-14-15(9-23)19(26-17(14)7-12)24-10-11-6-13(21)8-16(22)18(11)25/h6,8,10,12,25H,4-5,7H2,1-3H3/t12-/m0/s1. The monoisotopic (exact) mass is 406 g/mol. The molecule has 0 unspecified atom stereocenters. The molecule has 0 saturated heterocycles. The van der Waals surface area contributed by atoms with Gasteiger partial charge in [-0.2, -0.15) is 5.26 Å². The number of rotatable bonds is 2. The Morgan fingerprint density at radius 1 is 1.35 bits per heavy atom. The number of hydrogen-bond acceptors (Lipinski definition) is 4. The number of aromatic hydroxyl groups is 1. The quantitative estimate of drug-likeness (QED) is 0.575. The fraction of sp³-hybridized carbons (Fsp3) is 0.400. The van der Waals surface area contributed by atoms with Crippen molar-refractivity contribution >= 4 is 45.8 Å². The van der Waals surface area contributed by atoms with E-state index in [1.165, 1.54) is 17.2 Å². The number of nitrogens with zero attached hydrogens (tertiary/aromatic N) is 2. The van der Waals surface area contributed by atoms with Gasteiger partial charge in [0.25, 0.3) is 0 Å². The van der Waals surface area contributed by atoms with Gasteiger partial charge in [0.05, 0.1) is 10.6 Å². The molecule has 26 heavy (non-hydrogen) atoms. The predicted octanol–water partition coefficient (Wildman–Crippen LogP) is 6.53. The first-order valence-corrected chi connectivity index (χ1v) is 10.0.